The lowest BCUT2D eigenvalue weighted by atomic mass is 10.0. The zero-order valence-electron chi connectivity index (χ0n) is 17.4. The average molecular weight is 394 g/mol. The lowest BCUT2D eigenvalue weighted by molar-refractivity contribution is -0.123. The summed E-state index contributed by atoms with van der Waals surface area (Å²) in [7, 11) is 0. The molecule has 5 nitrogen and oxygen atoms in total. The van der Waals surface area contributed by atoms with Crippen LogP contribution in [0, 0.1) is 6.92 Å². The first-order valence-electron chi connectivity index (χ1n) is 10.4. The number of nitrogens with zero attached hydrogens (tertiary/aromatic N) is 1. The predicted octanol–water partition coefficient (Wildman–Crippen LogP) is 3.34. The molecule has 0 aromatic heterocycles. The molecule has 0 radical (unpaired) electrons. The number of rotatable bonds is 7. The van der Waals surface area contributed by atoms with Crippen molar-refractivity contribution in [3.8, 4) is 0 Å². The first-order chi connectivity index (χ1) is 14.0. The summed E-state index contributed by atoms with van der Waals surface area (Å²) in [4.78, 5) is 26.6. The highest BCUT2D eigenvalue weighted by molar-refractivity contribution is 5.79. The van der Waals surface area contributed by atoms with Crippen LogP contribution in [-0.4, -0.2) is 35.8 Å². The van der Waals surface area contributed by atoms with Gasteiger partial charge in [-0.1, -0.05) is 60.2 Å². The summed E-state index contributed by atoms with van der Waals surface area (Å²) in [5.41, 5.74) is 3.58. The van der Waals surface area contributed by atoms with Gasteiger partial charge in [0.25, 0.3) is 0 Å². The molecular weight excluding hydrogens is 362 g/mol. The molecule has 0 aliphatic carbocycles. The minimum Gasteiger partial charge on any atom is -0.353 e. The van der Waals surface area contributed by atoms with Crippen molar-refractivity contribution in [2.24, 2.45) is 0 Å². The van der Waals surface area contributed by atoms with Crippen molar-refractivity contribution < 1.29 is 9.59 Å². The van der Waals surface area contributed by atoms with Crippen LogP contribution in [0.4, 0.5) is 0 Å². The largest absolute Gasteiger partial charge is 0.353 e. The second kappa shape index (κ2) is 10.2. The van der Waals surface area contributed by atoms with E-state index in [-0.39, 0.29) is 30.3 Å². The fourth-order valence-corrected chi connectivity index (χ4v) is 3.96. The van der Waals surface area contributed by atoms with E-state index in [2.05, 4.69) is 46.7 Å². The number of carbonyl (C=O) groups is 2. The average Bonchev–Trinajstić information content (AvgIpc) is 2.69. The van der Waals surface area contributed by atoms with E-state index in [1.54, 1.807) is 0 Å². The van der Waals surface area contributed by atoms with Crippen molar-refractivity contribution >= 4 is 11.8 Å². The van der Waals surface area contributed by atoms with Gasteiger partial charge in [0.1, 0.15) is 0 Å². The number of aryl methyl sites for hydroxylation is 1. The second-order valence-electron chi connectivity index (χ2n) is 7.97. The van der Waals surface area contributed by atoms with Crippen molar-refractivity contribution in [1.29, 1.82) is 0 Å². The minimum absolute atomic E-state index is 0.00950. The number of hydrogen-bond donors (Lipinski definition) is 2. The lowest BCUT2D eigenvalue weighted by Gasteiger charge is -2.32. The van der Waals surface area contributed by atoms with Gasteiger partial charge in [-0.05, 0) is 30.9 Å². The highest BCUT2D eigenvalue weighted by atomic mass is 16.2. The summed E-state index contributed by atoms with van der Waals surface area (Å²) in [6.07, 6.45) is 2.16. The third kappa shape index (κ3) is 6.71. The molecule has 1 aliphatic heterocycles. The van der Waals surface area contributed by atoms with Gasteiger partial charge in [-0.2, -0.15) is 0 Å². The number of nitrogens with one attached hydrogen (secondary N) is 2. The Morgan fingerprint density at radius 2 is 1.79 bits per heavy atom. The Morgan fingerprint density at radius 3 is 2.45 bits per heavy atom. The van der Waals surface area contributed by atoms with Gasteiger partial charge in [0.15, 0.2) is 0 Å². The van der Waals surface area contributed by atoms with E-state index in [0.717, 1.165) is 38.0 Å². The molecule has 1 heterocycles. The summed E-state index contributed by atoms with van der Waals surface area (Å²) in [5, 5.41) is 6.06. The summed E-state index contributed by atoms with van der Waals surface area (Å²) in [6, 6.07) is 18.2. The highest BCUT2D eigenvalue weighted by Crippen LogP contribution is 2.18. The fourth-order valence-electron chi connectivity index (χ4n) is 3.96. The predicted molar refractivity (Wildman–Crippen MR) is 115 cm³/mol. The van der Waals surface area contributed by atoms with Gasteiger partial charge < -0.3 is 10.6 Å². The van der Waals surface area contributed by atoms with Gasteiger partial charge >= 0.3 is 0 Å². The highest BCUT2D eigenvalue weighted by Gasteiger charge is 2.23. The number of amides is 2. The lowest BCUT2D eigenvalue weighted by Crippen LogP contribution is -2.45. The van der Waals surface area contributed by atoms with Crippen molar-refractivity contribution in [1.82, 2.24) is 15.5 Å². The van der Waals surface area contributed by atoms with Crippen LogP contribution < -0.4 is 10.6 Å². The molecule has 2 aromatic rings. The van der Waals surface area contributed by atoms with E-state index in [9.17, 15) is 9.59 Å². The summed E-state index contributed by atoms with van der Waals surface area (Å²) in [5.74, 6) is -0.138. The van der Waals surface area contributed by atoms with Crippen LogP contribution in [-0.2, 0) is 16.1 Å². The maximum absolute atomic E-state index is 12.6. The smallest absolute Gasteiger partial charge is 0.222 e. The van der Waals surface area contributed by atoms with Gasteiger partial charge in [-0.3, -0.25) is 14.5 Å². The van der Waals surface area contributed by atoms with E-state index in [1.807, 2.05) is 30.3 Å². The van der Waals surface area contributed by atoms with E-state index >= 15 is 0 Å². The van der Waals surface area contributed by atoms with Crippen LogP contribution in [0.1, 0.15) is 48.9 Å². The van der Waals surface area contributed by atoms with Crippen LogP contribution in [0.2, 0.25) is 0 Å². The molecule has 1 saturated heterocycles. The van der Waals surface area contributed by atoms with E-state index in [1.165, 1.54) is 18.1 Å². The Morgan fingerprint density at radius 1 is 1.07 bits per heavy atom. The third-order valence-electron chi connectivity index (χ3n) is 5.41. The molecule has 3 rings (SSSR count). The molecule has 1 unspecified atom stereocenters. The minimum atomic E-state index is -0.296. The van der Waals surface area contributed by atoms with Crippen molar-refractivity contribution in [2.75, 3.05) is 13.1 Å². The molecule has 2 aromatic carbocycles. The van der Waals surface area contributed by atoms with Crippen molar-refractivity contribution in [2.45, 2.75) is 51.7 Å². The maximum atomic E-state index is 12.6. The summed E-state index contributed by atoms with van der Waals surface area (Å²) >= 11 is 0. The molecule has 2 N–H and O–H groups in total. The molecule has 2 amide bonds. The van der Waals surface area contributed by atoms with Gasteiger partial charge in [-0.15, -0.1) is 0 Å². The van der Waals surface area contributed by atoms with Gasteiger partial charge in [0.2, 0.25) is 11.8 Å². The normalized spacial score (nSPS) is 16.2. The molecule has 154 valence electrons. The van der Waals surface area contributed by atoms with Crippen LogP contribution in [0.5, 0.6) is 0 Å². The molecule has 29 heavy (non-hydrogen) atoms. The molecular formula is C24H31N3O2. The van der Waals surface area contributed by atoms with E-state index in [0.29, 0.717) is 0 Å². The Labute approximate surface area is 173 Å². The van der Waals surface area contributed by atoms with Crippen LogP contribution >= 0.6 is 0 Å². The maximum Gasteiger partial charge on any atom is 0.222 e. The topological polar surface area (TPSA) is 61.4 Å². The van der Waals surface area contributed by atoms with Gasteiger partial charge in [0.05, 0.1) is 12.5 Å². The third-order valence-corrected chi connectivity index (χ3v) is 5.41. The second-order valence-corrected chi connectivity index (χ2v) is 7.97. The Kier molecular flexibility index (Phi) is 7.42. The number of benzene rings is 2. The molecule has 0 saturated carbocycles. The van der Waals surface area contributed by atoms with Gasteiger partial charge in [0, 0.05) is 32.6 Å². The molecule has 1 fully saturated rings. The van der Waals surface area contributed by atoms with Crippen molar-refractivity contribution in [3.05, 3.63) is 71.3 Å². The quantitative estimate of drug-likeness (QED) is 0.758. The number of hydrogen-bond acceptors (Lipinski definition) is 3. The SMILES string of the molecule is CC(=O)NC(CC(=O)NC1CCN(Cc2cccc(C)c2)CC1)c1ccccc1. The summed E-state index contributed by atoms with van der Waals surface area (Å²) in [6.45, 7) is 6.52. The van der Waals surface area contributed by atoms with Crippen molar-refractivity contribution in [3.63, 3.8) is 0 Å². The standard InChI is InChI=1S/C24H31N3O2/c1-18-7-6-8-20(15-18)17-27-13-11-22(12-14-27)26-24(29)16-23(25-19(2)28)21-9-4-3-5-10-21/h3-10,15,22-23H,11-14,16-17H2,1-2H3,(H,25,28)(H,26,29). The molecule has 1 atom stereocenters. The van der Waals surface area contributed by atoms with Gasteiger partial charge in [-0.25, -0.2) is 0 Å². The number of carbonyl (C=O) groups excluding carboxylic acids is 2. The first kappa shape index (κ1) is 21.1. The van der Waals surface area contributed by atoms with Crippen LogP contribution in [0.15, 0.2) is 54.6 Å². The van der Waals surface area contributed by atoms with Crippen LogP contribution in [0.25, 0.3) is 0 Å². The summed E-state index contributed by atoms with van der Waals surface area (Å²) < 4.78 is 0. The monoisotopic (exact) mass is 393 g/mol. The molecule has 5 heteroatoms. The Bertz CT molecular complexity index is 814. The number of likely N-dealkylation sites (tertiary alicyclic amines) is 1. The molecule has 0 bridgehead atoms. The Balaban J connectivity index is 1.47. The van der Waals surface area contributed by atoms with Crippen LogP contribution in [0.3, 0.4) is 0 Å². The molecule has 0 spiro atoms. The Hall–Kier alpha value is -2.66. The van der Waals surface area contributed by atoms with E-state index < -0.39 is 0 Å². The zero-order chi connectivity index (χ0) is 20.6. The molecule has 1 aliphatic rings. The zero-order valence-corrected chi connectivity index (χ0v) is 17.4. The fraction of sp³-hybridized carbons (Fsp3) is 0.417. The first-order valence-corrected chi connectivity index (χ1v) is 10.4. The van der Waals surface area contributed by atoms with E-state index in [4.69, 9.17) is 0 Å². The number of piperidine rings is 1.